The number of hydrogen-bond acceptors (Lipinski definition) is 4. The van der Waals surface area contributed by atoms with Crippen molar-refractivity contribution in [3.8, 4) is 5.88 Å². The van der Waals surface area contributed by atoms with Crippen molar-refractivity contribution in [3.05, 3.63) is 28.3 Å². The zero-order valence-electron chi connectivity index (χ0n) is 11.3. The second-order valence-corrected chi connectivity index (χ2v) is 3.02. The second kappa shape index (κ2) is 3.34. The van der Waals surface area contributed by atoms with E-state index in [9.17, 15) is 4.79 Å². The highest BCUT2D eigenvalue weighted by Crippen LogP contribution is 2.19. The molecule has 0 spiro atoms. The summed E-state index contributed by atoms with van der Waals surface area (Å²) in [6.07, 6.45) is 0. The number of fused-ring (bicyclic) bond motifs is 1. The Hall–Kier alpha value is -1.91. The summed E-state index contributed by atoms with van der Waals surface area (Å²) in [5, 5.41) is 0.388. The van der Waals surface area contributed by atoms with Gasteiger partial charge >= 0.3 is 0 Å². The lowest BCUT2D eigenvalue weighted by atomic mass is 10.3. The van der Waals surface area contributed by atoms with E-state index in [4.69, 9.17) is 8.85 Å². The van der Waals surface area contributed by atoms with E-state index in [1.54, 1.807) is 6.92 Å². The fourth-order valence-electron chi connectivity index (χ4n) is 1.35. The Morgan fingerprint density at radius 1 is 1.47 bits per heavy atom. The van der Waals surface area contributed by atoms with E-state index >= 15 is 0 Å². The van der Waals surface area contributed by atoms with E-state index in [-0.39, 0.29) is 11.5 Å². The van der Waals surface area contributed by atoms with Crippen molar-refractivity contribution >= 4 is 11.0 Å². The van der Waals surface area contributed by atoms with Crippen LogP contribution < -0.4 is 10.3 Å². The highest BCUT2D eigenvalue weighted by Gasteiger charge is 2.08. The van der Waals surface area contributed by atoms with Crippen molar-refractivity contribution in [2.45, 2.75) is 6.92 Å². The normalized spacial score (nSPS) is 14.4. The Balaban J connectivity index is 2.98. The van der Waals surface area contributed by atoms with Crippen molar-refractivity contribution in [2.24, 2.45) is 6.98 Å². The van der Waals surface area contributed by atoms with Gasteiger partial charge in [-0.3, -0.25) is 9.36 Å². The van der Waals surface area contributed by atoms with Crippen molar-refractivity contribution < 1.29 is 8.85 Å². The minimum atomic E-state index is -2.59. The van der Waals surface area contributed by atoms with Crippen LogP contribution in [0.25, 0.3) is 11.0 Å². The summed E-state index contributed by atoms with van der Waals surface area (Å²) in [5.41, 5.74) is -0.588. The smallest absolute Gasteiger partial charge is 0.251 e. The fourth-order valence-corrected chi connectivity index (χ4v) is 1.35. The first-order chi connectivity index (χ1) is 8.34. The number of ether oxygens (including phenoxy) is 1. The highest BCUT2D eigenvalue weighted by atomic mass is 16.5. The molecule has 0 aliphatic heterocycles. The summed E-state index contributed by atoms with van der Waals surface area (Å²) in [7, 11) is 1.42. The predicted octanol–water partition coefficient (Wildman–Crippen LogP) is 0.646. The summed E-state index contributed by atoms with van der Waals surface area (Å²) in [5.74, 6) is 0.582. The lowest BCUT2D eigenvalue weighted by molar-refractivity contribution is 0.401. The van der Waals surface area contributed by atoms with E-state index in [1.165, 1.54) is 13.2 Å². The molecule has 0 aliphatic rings. The molecular weight excluding hydrogens is 194 g/mol. The number of aryl methyl sites for hydroxylation is 2. The zero-order valence-corrected chi connectivity index (χ0v) is 8.31. The molecule has 0 aromatic carbocycles. The van der Waals surface area contributed by atoms with Gasteiger partial charge in [0, 0.05) is 17.2 Å². The topological polar surface area (TPSA) is 57.0 Å². The summed E-state index contributed by atoms with van der Waals surface area (Å²) >= 11 is 0. The quantitative estimate of drug-likeness (QED) is 0.690. The molecule has 5 heteroatoms. The van der Waals surface area contributed by atoms with Crippen LogP contribution in [0, 0.1) is 6.92 Å². The molecule has 2 heterocycles. The van der Waals surface area contributed by atoms with Gasteiger partial charge < -0.3 is 4.74 Å². The molecule has 0 atom stereocenters. The Morgan fingerprint density at radius 3 is 2.93 bits per heavy atom. The Morgan fingerprint density at radius 2 is 2.27 bits per heavy atom. The maximum Gasteiger partial charge on any atom is 0.251 e. The van der Waals surface area contributed by atoms with Gasteiger partial charge in [0.1, 0.15) is 11.5 Å². The van der Waals surface area contributed by atoms with Gasteiger partial charge in [-0.1, -0.05) is 0 Å². The molecule has 0 saturated heterocycles. The van der Waals surface area contributed by atoms with Gasteiger partial charge in [-0.05, 0) is 13.0 Å². The second-order valence-electron chi connectivity index (χ2n) is 3.02. The van der Waals surface area contributed by atoms with Crippen LogP contribution in [0.5, 0.6) is 5.88 Å². The predicted molar refractivity (Wildman–Crippen MR) is 56.1 cm³/mol. The van der Waals surface area contributed by atoms with Crippen LogP contribution in [0.4, 0.5) is 0 Å². The SMILES string of the molecule is [2H]C([2H])([2H])n1c(=O)ccc2c(OC)nc(C)nc21. The van der Waals surface area contributed by atoms with Crippen molar-refractivity contribution in [2.75, 3.05) is 7.11 Å². The van der Waals surface area contributed by atoms with Crippen LogP contribution in [-0.2, 0) is 6.98 Å². The van der Waals surface area contributed by atoms with Crippen LogP contribution in [0.1, 0.15) is 9.94 Å². The van der Waals surface area contributed by atoms with Crippen LogP contribution >= 0.6 is 0 Å². The van der Waals surface area contributed by atoms with E-state index < -0.39 is 12.5 Å². The van der Waals surface area contributed by atoms with Crippen molar-refractivity contribution in [1.82, 2.24) is 14.5 Å². The summed E-state index contributed by atoms with van der Waals surface area (Å²) in [6, 6.07) is 2.62. The zero-order chi connectivity index (χ0) is 13.5. The van der Waals surface area contributed by atoms with Gasteiger partial charge in [0.05, 0.1) is 12.5 Å². The van der Waals surface area contributed by atoms with Gasteiger partial charge in [0.25, 0.3) is 5.56 Å². The Labute approximate surface area is 90.6 Å². The average Bonchev–Trinajstić information content (AvgIpc) is 2.25. The number of hydrogen-bond donors (Lipinski definition) is 0. The number of pyridine rings is 1. The van der Waals surface area contributed by atoms with Crippen molar-refractivity contribution in [3.63, 3.8) is 0 Å². The molecule has 5 nitrogen and oxygen atoms in total. The van der Waals surface area contributed by atoms with Gasteiger partial charge in [0.15, 0.2) is 0 Å². The molecule has 15 heavy (non-hydrogen) atoms. The molecule has 0 fully saturated rings. The van der Waals surface area contributed by atoms with E-state index in [1.807, 2.05) is 0 Å². The molecule has 0 N–H and O–H groups in total. The molecule has 2 rings (SSSR count). The van der Waals surface area contributed by atoms with Gasteiger partial charge in [-0.15, -0.1) is 0 Å². The van der Waals surface area contributed by atoms with E-state index in [0.717, 1.165) is 6.07 Å². The highest BCUT2D eigenvalue weighted by molar-refractivity contribution is 5.80. The standard InChI is InChI=1S/C10H11N3O2/c1-6-11-9-7(10(12-6)15-3)4-5-8(14)13(9)2/h4-5H,1-3H3/i2D3. The van der Waals surface area contributed by atoms with E-state index in [0.29, 0.717) is 15.8 Å². The third kappa shape index (κ3) is 1.45. The third-order valence-corrected chi connectivity index (χ3v) is 2.02. The minimum Gasteiger partial charge on any atom is -0.480 e. The lowest BCUT2D eigenvalue weighted by Crippen LogP contribution is -2.17. The Kier molecular flexibility index (Phi) is 1.46. The molecule has 2 aromatic heterocycles. The molecule has 0 bridgehead atoms. The van der Waals surface area contributed by atoms with Crippen LogP contribution in [-0.4, -0.2) is 21.6 Å². The molecular formula is C10H11N3O2. The molecule has 78 valence electrons. The molecule has 0 radical (unpaired) electrons. The first-order valence-electron chi connectivity index (χ1n) is 5.79. The third-order valence-electron chi connectivity index (χ3n) is 2.02. The number of rotatable bonds is 1. The van der Waals surface area contributed by atoms with E-state index in [2.05, 4.69) is 9.97 Å². The van der Waals surface area contributed by atoms with Gasteiger partial charge in [-0.25, -0.2) is 4.98 Å². The van der Waals surface area contributed by atoms with Crippen LogP contribution in [0.15, 0.2) is 16.9 Å². The average molecular weight is 208 g/mol. The van der Waals surface area contributed by atoms with Crippen LogP contribution in [0.2, 0.25) is 0 Å². The first-order valence-corrected chi connectivity index (χ1v) is 4.29. The molecule has 0 amide bonds. The van der Waals surface area contributed by atoms with Crippen molar-refractivity contribution in [1.29, 1.82) is 0 Å². The lowest BCUT2D eigenvalue weighted by Gasteiger charge is -2.07. The van der Waals surface area contributed by atoms with Gasteiger partial charge in [-0.2, -0.15) is 4.98 Å². The molecule has 0 unspecified atom stereocenters. The first kappa shape index (κ1) is 6.55. The van der Waals surface area contributed by atoms with Gasteiger partial charge in [0.2, 0.25) is 5.88 Å². The largest absolute Gasteiger partial charge is 0.480 e. The maximum absolute atomic E-state index is 11.7. The monoisotopic (exact) mass is 208 g/mol. The van der Waals surface area contributed by atoms with Crippen LogP contribution in [0.3, 0.4) is 0 Å². The number of nitrogens with zero attached hydrogens (tertiary/aromatic N) is 3. The maximum atomic E-state index is 11.7. The molecule has 2 aromatic rings. The minimum absolute atomic E-state index is 0.0480. The Bertz CT molecular complexity index is 664. The fraction of sp³-hybridized carbons (Fsp3) is 0.300. The summed E-state index contributed by atoms with van der Waals surface area (Å²) in [4.78, 5) is 19.8. The summed E-state index contributed by atoms with van der Waals surface area (Å²) < 4.78 is 27.9. The molecule has 0 aliphatic carbocycles. The summed E-state index contributed by atoms with van der Waals surface area (Å²) in [6.45, 7) is -0.994. The molecule has 0 saturated carbocycles. The number of aromatic nitrogens is 3. The number of methoxy groups -OCH3 is 1.